The Kier molecular flexibility index (Phi) is 40.4. The summed E-state index contributed by atoms with van der Waals surface area (Å²) in [6, 6.07) is 32.9. The van der Waals surface area contributed by atoms with Crippen molar-refractivity contribution in [2.75, 3.05) is 266 Å². The van der Waals surface area contributed by atoms with Crippen molar-refractivity contribution < 1.29 is 93.0 Å². The van der Waals surface area contributed by atoms with Gasteiger partial charge in [0.15, 0.2) is 31.2 Å². The molecule has 7 aliphatic rings. The van der Waals surface area contributed by atoms with E-state index in [0.717, 1.165) is 262 Å². The van der Waals surface area contributed by atoms with Gasteiger partial charge in [0.25, 0.3) is 0 Å². The number of rotatable bonds is 21. The number of hydrogen-bond acceptors (Lipinski definition) is 23. The third kappa shape index (κ3) is 26.6. The Bertz CT molecular complexity index is 5550. The van der Waals surface area contributed by atoms with Crippen LogP contribution in [0.5, 0.6) is 34.5 Å². The number of aromatic amines is 1. The molecule has 0 unspecified atom stereocenters. The second kappa shape index (κ2) is 50.9. The first kappa shape index (κ1) is 103. The molecule has 17 rings (SSSR count). The number of ether oxygens (including phenoxy) is 6. The van der Waals surface area contributed by atoms with E-state index in [2.05, 4.69) is 186 Å². The second-order valence-corrected chi connectivity index (χ2v) is 35.0. The zero-order valence-electron chi connectivity index (χ0n) is 77.3. The molecule has 0 radical (unpaired) electrons. The van der Waals surface area contributed by atoms with Gasteiger partial charge in [-0.1, -0.05) is 15.9 Å². The van der Waals surface area contributed by atoms with Crippen molar-refractivity contribution in [1.82, 2.24) is 68.9 Å². The number of Topliss-reactive ketones (excluding diaryl/α,β-unsaturated/α-hetero) is 2. The number of methoxy groups -OCH3 is 4. The Morgan fingerprint density at radius 2 is 0.885 bits per heavy atom. The van der Waals surface area contributed by atoms with E-state index in [1.807, 2.05) is 65.2 Å². The van der Waals surface area contributed by atoms with E-state index < -0.39 is 0 Å². The Labute approximate surface area is 819 Å². The number of carbonyl (C=O) groups is 7. The molecule has 0 bridgehead atoms. The van der Waals surface area contributed by atoms with E-state index in [1.54, 1.807) is 71.9 Å². The first-order valence-corrected chi connectivity index (χ1v) is 46.8. The normalized spacial score (nSPS) is 16.4. The summed E-state index contributed by atoms with van der Waals surface area (Å²) >= 11 is 20.7. The van der Waals surface area contributed by atoms with Gasteiger partial charge in [-0.2, -0.15) is 0 Å². The van der Waals surface area contributed by atoms with Crippen molar-refractivity contribution in [1.29, 1.82) is 0 Å². The topological polar surface area (TPSA) is 295 Å². The average Bonchev–Trinajstić information content (AvgIpc) is 1.63. The SMILES string of the molecule is CN1CCNCC1.CNC(=O)Nc1ccc2c(c1)C(=O)/C(=C/c1c(N3CCN(C)CC3)n(CCN3CCN(C)CC3)c3ccc(OC)cc13)O2.CNC(=O)Nc1ccc2c(c1)C(=O)CO2.COc1ccc2[nH]c(Br)c(C=O)c2c1.COc1ccc2c(c1)c(C=O)c(Br)n2CCCl.COc1ccc2c(c1)c(C=O)c(N1CCN(C)CC1)n2CCN1CCN(C)CC1.ClCCBr.[H-].[Na+]. The number of halogens is 5. The number of benzene rings is 6. The zero-order chi connectivity index (χ0) is 92.4. The standard InChI is InChI=1S/C32H41N7O4.C22H33N5O2.C12H11BrClNO2.C10H8BrNO2.C10H10N2O3.C5H12N2.C2H4BrCl.Na.H/c1-33-32(41)34-22-5-8-28-26(19-22)30(40)29(43-28)21-25-24-20-23(42-4)6-7-27(24)39(18-15-37-13-9-35(2)10-14-37)31(25)38-16-11-36(3)12-17-38;1-23-6-10-25(11-7-23)12-15-27-21-5-4-18(29-3)16-19(21)20(17-28)22(27)26-13-8-24(2)9-14-26;1-17-8-2-3-11-9(6-8)10(7-16)12(13)15(11)5-4-14;1-14-6-2-3-9-7(4-6)8(5-13)10(11)12-9;1-11-10(14)12-6-2-3-9-7(4-6)8(13)5-15-9;1-7-4-2-6-3-5-7;3-1-2-4;;/h5-8,19-21H,9-18H2,1-4H3,(H2,33,34,41);4-5,16-17H,6-15H2,1-3H3;2-3,6-7H,4-5H2,1H3;2-5,12H,1H3;2-4H,5H2,1H3,(H2,11,12,14);6H,2-5H2,1H3;1-2H2;;/q;;;;;;;+1;-1/b29-21-;;;;;;;;. The van der Waals surface area contributed by atoms with Crippen LogP contribution in [0.3, 0.4) is 0 Å². The van der Waals surface area contributed by atoms with E-state index in [-0.39, 0.29) is 67.0 Å². The van der Waals surface area contributed by atoms with Crippen LogP contribution in [0.25, 0.3) is 49.7 Å². The van der Waals surface area contributed by atoms with E-state index >= 15 is 0 Å². The summed E-state index contributed by atoms with van der Waals surface area (Å²) < 4.78 is 40.8. The number of fused-ring (bicyclic) bond motifs is 6. The molecule has 7 aliphatic heterocycles. The van der Waals surface area contributed by atoms with Gasteiger partial charge in [0.2, 0.25) is 11.6 Å². The smallest absolute Gasteiger partial charge is 1.00 e. The van der Waals surface area contributed by atoms with Crippen LogP contribution in [0.2, 0.25) is 0 Å². The first-order chi connectivity index (χ1) is 62.4. The van der Waals surface area contributed by atoms with E-state index in [4.69, 9.17) is 51.6 Å². The van der Waals surface area contributed by atoms with E-state index in [0.29, 0.717) is 68.0 Å². The van der Waals surface area contributed by atoms with Crippen LogP contribution in [-0.2, 0) is 19.6 Å². The fourth-order valence-corrected chi connectivity index (χ4v) is 17.4. The van der Waals surface area contributed by atoms with Crippen molar-refractivity contribution in [3.63, 3.8) is 0 Å². The van der Waals surface area contributed by atoms with Gasteiger partial charge in [-0.3, -0.25) is 33.8 Å². The summed E-state index contributed by atoms with van der Waals surface area (Å²) in [6.45, 7) is 25.5. The van der Waals surface area contributed by atoms with E-state index in [9.17, 15) is 33.6 Å². The molecule has 0 spiro atoms. The minimum Gasteiger partial charge on any atom is -1.00 e. The molecule has 6 N–H and O–H groups in total. The maximum absolute atomic E-state index is 13.7. The number of aldehydes is 3. The number of amides is 4. The summed E-state index contributed by atoms with van der Waals surface area (Å²) in [5.74, 6) is 7.46. The molecule has 31 nitrogen and oxygen atoms in total. The molecule has 4 aromatic heterocycles. The minimum absolute atomic E-state index is 0. The third-order valence-corrected chi connectivity index (χ3v) is 26.2. The minimum atomic E-state index is -0.350. The Hall–Kier alpha value is -8.79. The van der Waals surface area contributed by atoms with Gasteiger partial charge < -0.3 is 109 Å². The number of H-pyrrole nitrogens is 1. The van der Waals surface area contributed by atoms with Crippen molar-refractivity contribution in [2.45, 2.75) is 19.6 Å². The van der Waals surface area contributed by atoms with Gasteiger partial charge in [0.1, 0.15) is 46.1 Å². The summed E-state index contributed by atoms with van der Waals surface area (Å²) in [5, 5.41) is 18.2. The van der Waals surface area contributed by atoms with Crippen LogP contribution < -0.4 is 94.4 Å². The van der Waals surface area contributed by atoms with Crippen LogP contribution in [0, 0.1) is 0 Å². The number of piperazine rings is 5. The molecule has 4 amide bonds. The number of aryl methyl sites for hydroxylation is 1. The number of aromatic nitrogens is 4. The van der Waals surface area contributed by atoms with E-state index in [1.165, 1.54) is 20.1 Å². The molecule has 10 aromatic rings. The summed E-state index contributed by atoms with van der Waals surface area (Å²) in [6.07, 6.45) is 4.59. The first-order valence-electron chi connectivity index (χ1n) is 43.0. The van der Waals surface area contributed by atoms with Crippen molar-refractivity contribution in [2.24, 2.45) is 0 Å². The van der Waals surface area contributed by atoms with Crippen molar-refractivity contribution in [3.8, 4) is 34.5 Å². The molecule has 5 saturated heterocycles. The Morgan fingerprint density at radius 3 is 1.32 bits per heavy atom. The predicted octanol–water partition coefficient (Wildman–Crippen LogP) is 9.96. The van der Waals surface area contributed by atoms with Crippen LogP contribution >= 0.6 is 71.0 Å². The molecule has 696 valence electrons. The molecule has 0 atom stereocenters. The number of likely N-dealkylation sites (N-methyl/N-ethyl adjacent to an activating group) is 5. The van der Waals surface area contributed by atoms with Crippen LogP contribution in [-0.4, -0.2) is 341 Å². The van der Waals surface area contributed by atoms with Gasteiger partial charge in [-0.15, -0.1) is 23.2 Å². The molecule has 130 heavy (non-hydrogen) atoms. The molecule has 37 heteroatoms. The number of urea groups is 2. The third-order valence-electron chi connectivity index (χ3n) is 23.5. The number of nitrogens with zero attached hydrogens (tertiary/aromatic N) is 12. The number of hydrogen-bond donors (Lipinski definition) is 6. The van der Waals surface area contributed by atoms with Crippen molar-refractivity contribution in [3.05, 3.63) is 158 Å². The number of nitrogens with one attached hydrogen (secondary N) is 6. The van der Waals surface area contributed by atoms with Gasteiger partial charge in [0.05, 0.1) is 76.5 Å². The summed E-state index contributed by atoms with van der Waals surface area (Å²) in [4.78, 5) is 107. The summed E-state index contributed by atoms with van der Waals surface area (Å²) in [5.41, 5.74) is 9.17. The molecule has 5 fully saturated rings. The Balaban J connectivity index is 0.000000189. The summed E-state index contributed by atoms with van der Waals surface area (Å²) in [7, 11) is 20.5. The van der Waals surface area contributed by atoms with Gasteiger partial charge in [-0.05, 0) is 182 Å². The Morgan fingerprint density at radius 1 is 0.477 bits per heavy atom. The number of allylic oxidation sites excluding steroid dienone is 1. The monoisotopic (exact) mass is 2030 g/mol. The second-order valence-electron chi connectivity index (χ2n) is 31.9. The number of ketones is 2. The van der Waals surface area contributed by atoms with Gasteiger partial charge >= 0.3 is 41.6 Å². The van der Waals surface area contributed by atoms with Gasteiger partial charge in [-0.25, -0.2) is 9.59 Å². The van der Waals surface area contributed by atoms with Crippen LogP contribution in [0.15, 0.2) is 124 Å². The maximum atomic E-state index is 13.7. The number of carbonyl (C=O) groups excluding carboxylic acids is 7. The molecule has 6 aromatic carbocycles. The fraction of sp³-hybridized carbons (Fsp3) is 0.430. The number of alkyl halides is 3. The quantitative estimate of drug-likeness (QED) is 0.0169. The maximum Gasteiger partial charge on any atom is 1.00 e. The molecular weight excluding hydrogens is 1910 g/mol. The molecule has 0 aliphatic carbocycles. The molecule has 0 saturated carbocycles. The van der Waals surface area contributed by atoms with Crippen LogP contribution in [0.1, 0.15) is 58.8 Å². The predicted molar refractivity (Wildman–Crippen MR) is 528 cm³/mol. The number of anilines is 4. The van der Waals surface area contributed by atoms with Crippen molar-refractivity contribution >= 4 is 186 Å². The average molecular weight is 2030 g/mol. The molecular formula is C93H120Br3Cl2N18NaO13. The van der Waals surface area contributed by atoms with Crippen LogP contribution in [0.4, 0.5) is 32.6 Å². The largest absolute Gasteiger partial charge is 1.00 e. The zero-order valence-corrected chi connectivity index (χ0v) is 84.5. The fourth-order valence-electron chi connectivity index (χ4n) is 16.0. The van der Waals surface area contributed by atoms with Gasteiger partial charge in [0, 0.05) is 244 Å². The molecule has 11 heterocycles.